The first-order valence-electron chi connectivity index (χ1n) is 10.8. The predicted octanol–water partition coefficient (Wildman–Crippen LogP) is 5.75. The van der Waals surface area contributed by atoms with Gasteiger partial charge in [0, 0.05) is 43.7 Å². The normalized spacial score (nSPS) is 14.3. The van der Waals surface area contributed by atoms with Gasteiger partial charge in [-0.15, -0.1) is 13.2 Å². The molecule has 13 heteroatoms. The number of hydrogen-bond acceptors (Lipinski definition) is 6. The topological polar surface area (TPSA) is 88.6 Å². The van der Waals surface area contributed by atoms with E-state index in [0.29, 0.717) is 37.4 Å². The summed E-state index contributed by atoms with van der Waals surface area (Å²) in [5.41, 5.74) is 0.586. The summed E-state index contributed by atoms with van der Waals surface area (Å²) >= 11 is 6.48. The standard InChI is InChI=1S/C23H20ClF4N5O3/c24-20-19(35-16-3-4-18(17(25)12-16)36-23(26,27)28)5-9-30-21(20)33-10-6-14(7-11-33)31-22(34)32-15-2-1-8-29-13-15/h1-5,8-9,12-14H,6-7,10-11H2,(H2,31,32,34). The quantitative estimate of drug-likeness (QED) is 0.398. The minimum absolute atomic E-state index is 0.0588. The van der Waals surface area contributed by atoms with Crippen molar-refractivity contribution in [3.63, 3.8) is 0 Å². The molecular formula is C23H20ClF4N5O3. The molecule has 3 aromatic rings. The van der Waals surface area contributed by atoms with E-state index < -0.39 is 17.9 Å². The number of hydrogen-bond donors (Lipinski definition) is 2. The van der Waals surface area contributed by atoms with Gasteiger partial charge in [-0.05, 0) is 37.1 Å². The van der Waals surface area contributed by atoms with Gasteiger partial charge >= 0.3 is 12.4 Å². The fourth-order valence-corrected chi connectivity index (χ4v) is 3.89. The van der Waals surface area contributed by atoms with Crippen LogP contribution in [0.2, 0.25) is 5.02 Å². The Morgan fingerprint density at radius 1 is 1.11 bits per heavy atom. The summed E-state index contributed by atoms with van der Waals surface area (Å²) in [7, 11) is 0. The number of rotatable bonds is 6. The van der Waals surface area contributed by atoms with Crippen molar-refractivity contribution in [2.75, 3.05) is 23.3 Å². The largest absolute Gasteiger partial charge is 0.573 e. The zero-order chi connectivity index (χ0) is 25.7. The highest BCUT2D eigenvalue weighted by Crippen LogP contribution is 2.37. The molecule has 0 aliphatic carbocycles. The molecule has 0 atom stereocenters. The van der Waals surface area contributed by atoms with E-state index in [1.165, 1.54) is 12.3 Å². The first-order chi connectivity index (χ1) is 17.2. The highest BCUT2D eigenvalue weighted by atomic mass is 35.5. The zero-order valence-electron chi connectivity index (χ0n) is 18.6. The number of pyridine rings is 2. The number of piperidine rings is 1. The van der Waals surface area contributed by atoms with Crippen LogP contribution in [-0.2, 0) is 0 Å². The van der Waals surface area contributed by atoms with Crippen molar-refractivity contribution in [3.05, 3.63) is 65.8 Å². The molecule has 0 radical (unpaired) electrons. The lowest BCUT2D eigenvalue weighted by atomic mass is 10.1. The third-order valence-electron chi connectivity index (χ3n) is 5.24. The fourth-order valence-electron chi connectivity index (χ4n) is 3.62. The van der Waals surface area contributed by atoms with Crippen molar-refractivity contribution >= 4 is 29.1 Å². The highest BCUT2D eigenvalue weighted by Gasteiger charge is 2.32. The molecule has 0 bridgehead atoms. The molecule has 2 aromatic heterocycles. The molecular weight excluding hydrogens is 506 g/mol. The Morgan fingerprint density at radius 2 is 1.89 bits per heavy atom. The summed E-state index contributed by atoms with van der Waals surface area (Å²) in [5, 5.41) is 5.81. The van der Waals surface area contributed by atoms with Gasteiger partial charge < -0.3 is 25.0 Å². The Balaban J connectivity index is 1.35. The van der Waals surface area contributed by atoms with Crippen molar-refractivity contribution in [2.24, 2.45) is 0 Å². The van der Waals surface area contributed by atoms with E-state index in [9.17, 15) is 22.4 Å². The second-order valence-electron chi connectivity index (χ2n) is 7.79. The number of carbonyl (C=O) groups excluding carboxylic acids is 1. The number of aromatic nitrogens is 2. The number of ether oxygens (including phenoxy) is 2. The van der Waals surface area contributed by atoms with Crippen LogP contribution in [-0.4, -0.2) is 41.5 Å². The molecule has 0 unspecified atom stereocenters. The average Bonchev–Trinajstić information content (AvgIpc) is 2.83. The lowest BCUT2D eigenvalue weighted by Crippen LogP contribution is -2.46. The Bertz CT molecular complexity index is 1210. The maximum Gasteiger partial charge on any atom is 0.573 e. The van der Waals surface area contributed by atoms with Crippen molar-refractivity contribution in [2.45, 2.75) is 25.2 Å². The van der Waals surface area contributed by atoms with Crippen molar-refractivity contribution < 1.29 is 31.8 Å². The zero-order valence-corrected chi connectivity index (χ0v) is 19.3. The van der Waals surface area contributed by atoms with Gasteiger partial charge in [0.05, 0.1) is 11.9 Å². The first-order valence-corrected chi connectivity index (χ1v) is 11.2. The number of anilines is 2. The summed E-state index contributed by atoms with van der Waals surface area (Å²) in [6.07, 6.45) is 0.868. The van der Waals surface area contributed by atoms with E-state index in [4.69, 9.17) is 16.3 Å². The van der Waals surface area contributed by atoms with E-state index in [0.717, 1.165) is 18.2 Å². The number of amides is 2. The molecule has 4 rings (SSSR count). The molecule has 0 saturated carbocycles. The van der Waals surface area contributed by atoms with Gasteiger partial charge in [0.15, 0.2) is 23.1 Å². The number of nitrogens with one attached hydrogen (secondary N) is 2. The SMILES string of the molecule is O=C(Nc1cccnc1)NC1CCN(c2nccc(Oc3ccc(OC(F)(F)F)c(F)c3)c2Cl)CC1. The van der Waals surface area contributed by atoms with Gasteiger partial charge in [-0.25, -0.2) is 14.2 Å². The summed E-state index contributed by atoms with van der Waals surface area (Å²) in [4.78, 5) is 22.4. The number of nitrogens with zero attached hydrogens (tertiary/aromatic N) is 3. The van der Waals surface area contributed by atoms with Crippen LogP contribution < -0.4 is 25.0 Å². The summed E-state index contributed by atoms with van der Waals surface area (Å²) < 4.78 is 60.2. The third kappa shape index (κ3) is 6.66. The van der Waals surface area contributed by atoms with Gasteiger partial charge in [0.1, 0.15) is 10.8 Å². The smallest absolute Gasteiger partial charge is 0.455 e. The molecule has 2 N–H and O–H groups in total. The fraction of sp³-hybridized carbons (Fsp3) is 0.261. The highest BCUT2D eigenvalue weighted by molar-refractivity contribution is 6.34. The molecule has 190 valence electrons. The van der Waals surface area contributed by atoms with Gasteiger partial charge in [0.25, 0.3) is 0 Å². The van der Waals surface area contributed by atoms with Crippen LogP contribution in [0.4, 0.5) is 33.9 Å². The summed E-state index contributed by atoms with van der Waals surface area (Å²) in [6, 6.07) is 7.24. The number of halogens is 5. The summed E-state index contributed by atoms with van der Waals surface area (Å²) in [6.45, 7) is 1.10. The number of alkyl halides is 3. The monoisotopic (exact) mass is 525 g/mol. The van der Waals surface area contributed by atoms with E-state index in [-0.39, 0.29) is 28.6 Å². The molecule has 1 aliphatic heterocycles. The minimum Gasteiger partial charge on any atom is -0.455 e. The van der Waals surface area contributed by atoms with E-state index in [2.05, 4.69) is 25.3 Å². The Kier molecular flexibility index (Phi) is 7.63. The van der Waals surface area contributed by atoms with E-state index in [1.807, 2.05) is 4.90 Å². The molecule has 2 amide bonds. The molecule has 1 fully saturated rings. The van der Waals surface area contributed by atoms with E-state index >= 15 is 0 Å². The van der Waals surface area contributed by atoms with Crippen LogP contribution in [0.5, 0.6) is 17.2 Å². The van der Waals surface area contributed by atoms with Crippen LogP contribution >= 0.6 is 11.6 Å². The van der Waals surface area contributed by atoms with Gasteiger partial charge in [-0.1, -0.05) is 11.6 Å². The third-order valence-corrected chi connectivity index (χ3v) is 5.60. The summed E-state index contributed by atoms with van der Waals surface area (Å²) in [5.74, 6) is -1.69. The van der Waals surface area contributed by atoms with Gasteiger partial charge in [-0.3, -0.25) is 4.98 Å². The second-order valence-corrected chi connectivity index (χ2v) is 8.17. The van der Waals surface area contributed by atoms with Crippen LogP contribution in [0.3, 0.4) is 0 Å². The Labute approximate surface area is 208 Å². The van der Waals surface area contributed by atoms with Crippen LogP contribution in [0.1, 0.15) is 12.8 Å². The predicted molar refractivity (Wildman–Crippen MR) is 124 cm³/mol. The first kappa shape index (κ1) is 25.3. The Morgan fingerprint density at radius 3 is 2.56 bits per heavy atom. The molecule has 0 spiro atoms. The molecule has 1 aliphatic rings. The van der Waals surface area contributed by atoms with Crippen molar-refractivity contribution in [1.29, 1.82) is 0 Å². The molecule has 1 aromatic carbocycles. The average molecular weight is 526 g/mol. The second kappa shape index (κ2) is 10.9. The van der Waals surface area contributed by atoms with Crippen LogP contribution in [0, 0.1) is 5.82 Å². The van der Waals surface area contributed by atoms with Crippen LogP contribution in [0.15, 0.2) is 55.0 Å². The van der Waals surface area contributed by atoms with Crippen molar-refractivity contribution in [1.82, 2.24) is 15.3 Å². The van der Waals surface area contributed by atoms with Crippen LogP contribution in [0.25, 0.3) is 0 Å². The lowest BCUT2D eigenvalue weighted by molar-refractivity contribution is -0.275. The maximum absolute atomic E-state index is 14.0. The molecule has 36 heavy (non-hydrogen) atoms. The van der Waals surface area contributed by atoms with E-state index in [1.54, 1.807) is 24.5 Å². The Hall–Kier alpha value is -3.80. The number of benzene rings is 1. The lowest BCUT2D eigenvalue weighted by Gasteiger charge is -2.33. The van der Waals surface area contributed by atoms with Gasteiger partial charge in [0.2, 0.25) is 0 Å². The minimum atomic E-state index is -5.02. The number of carbonyl (C=O) groups is 1. The maximum atomic E-state index is 14.0. The van der Waals surface area contributed by atoms with Crippen molar-refractivity contribution in [3.8, 4) is 17.2 Å². The number of urea groups is 1. The molecule has 3 heterocycles. The molecule has 1 saturated heterocycles. The molecule has 8 nitrogen and oxygen atoms in total. The van der Waals surface area contributed by atoms with Gasteiger partial charge in [-0.2, -0.15) is 0 Å².